The van der Waals surface area contributed by atoms with E-state index in [4.69, 9.17) is 10.2 Å². The molecule has 0 radical (unpaired) electrons. The normalized spacial score (nSPS) is 20.9. The largest absolute Gasteiger partial charge is 0.439 e. The molecular formula is C15H22N4O. The lowest BCUT2D eigenvalue weighted by molar-refractivity contribution is 0.120. The predicted molar refractivity (Wildman–Crippen MR) is 80.4 cm³/mol. The molecule has 1 aliphatic heterocycles. The molecule has 1 saturated heterocycles. The summed E-state index contributed by atoms with van der Waals surface area (Å²) in [5.41, 5.74) is 8.16. The summed E-state index contributed by atoms with van der Waals surface area (Å²) in [6.45, 7) is 2.97. The van der Waals surface area contributed by atoms with E-state index in [2.05, 4.69) is 28.9 Å². The summed E-state index contributed by atoms with van der Waals surface area (Å²) in [5.74, 6) is 0.782. The van der Waals surface area contributed by atoms with Crippen molar-refractivity contribution in [3.05, 3.63) is 24.1 Å². The second kappa shape index (κ2) is 5.42. The number of anilines is 1. The highest BCUT2D eigenvalue weighted by atomic mass is 16.3. The Morgan fingerprint density at radius 1 is 1.45 bits per heavy atom. The quantitative estimate of drug-likeness (QED) is 0.867. The molecule has 0 bridgehead atoms. The van der Waals surface area contributed by atoms with E-state index >= 15 is 0 Å². The van der Waals surface area contributed by atoms with Gasteiger partial charge in [0.25, 0.3) is 0 Å². The van der Waals surface area contributed by atoms with Crippen molar-refractivity contribution in [2.24, 2.45) is 0 Å². The number of piperidine rings is 1. The van der Waals surface area contributed by atoms with E-state index < -0.39 is 0 Å². The highest BCUT2D eigenvalue weighted by molar-refractivity contribution is 5.76. The number of rotatable bonds is 3. The highest BCUT2D eigenvalue weighted by Gasteiger charge is 2.22. The summed E-state index contributed by atoms with van der Waals surface area (Å²) in [6, 6.07) is 6.23. The maximum atomic E-state index is 5.80. The van der Waals surface area contributed by atoms with Crippen LogP contribution in [-0.4, -0.2) is 48.0 Å². The molecule has 1 aliphatic rings. The molecule has 3 rings (SSSR count). The van der Waals surface area contributed by atoms with Crippen molar-refractivity contribution in [2.75, 3.05) is 32.9 Å². The first-order chi connectivity index (χ1) is 9.61. The topological polar surface area (TPSA) is 58.5 Å². The van der Waals surface area contributed by atoms with Gasteiger partial charge in [0.15, 0.2) is 5.58 Å². The second-order valence-corrected chi connectivity index (χ2v) is 5.83. The van der Waals surface area contributed by atoms with Gasteiger partial charge >= 0.3 is 0 Å². The fourth-order valence-electron chi connectivity index (χ4n) is 2.85. The Balaban J connectivity index is 1.72. The monoisotopic (exact) mass is 274 g/mol. The lowest BCUT2D eigenvalue weighted by Gasteiger charge is -2.35. The maximum absolute atomic E-state index is 5.80. The fourth-order valence-corrected chi connectivity index (χ4v) is 2.85. The Kier molecular flexibility index (Phi) is 3.63. The number of aromatic nitrogens is 1. The molecule has 1 aromatic carbocycles. The molecule has 2 aromatic rings. The van der Waals surface area contributed by atoms with Crippen molar-refractivity contribution in [3.8, 4) is 0 Å². The van der Waals surface area contributed by atoms with E-state index in [1.165, 1.54) is 12.8 Å². The molecule has 1 atom stereocenters. The van der Waals surface area contributed by atoms with Crippen molar-refractivity contribution in [1.29, 1.82) is 0 Å². The molecule has 108 valence electrons. The molecule has 0 aliphatic carbocycles. The summed E-state index contributed by atoms with van der Waals surface area (Å²) in [6.07, 6.45) is 2.50. The first-order valence-electron chi connectivity index (χ1n) is 7.15. The Labute approximate surface area is 119 Å². The minimum absolute atomic E-state index is 0.628. The van der Waals surface area contributed by atoms with Gasteiger partial charge in [-0.1, -0.05) is 0 Å². The molecule has 1 fully saturated rings. The van der Waals surface area contributed by atoms with Crippen molar-refractivity contribution >= 4 is 16.8 Å². The van der Waals surface area contributed by atoms with Gasteiger partial charge < -0.3 is 15.1 Å². The Hall–Kier alpha value is -1.59. The summed E-state index contributed by atoms with van der Waals surface area (Å²) in [4.78, 5) is 9.26. The molecule has 5 heteroatoms. The lowest BCUT2D eigenvalue weighted by Crippen LogP contribution is -2.44. The molecule has 5 nitrogen and oxygen atoms in total. The van der Waals surface area contributed by atoms with E-state index in [9.17, 15) is 0 Å². The van der Waals surface area contributed by atoms with Crippen molar-refractivity contribution < 1.29 is 4.42 Å². The number of likely N-dealkylation sites (tertiary alicyclic amines) is 1. The number of likely N-dealkylation sites (N-methyl/N-ethyl adjacent to an activating group) is 1. The van der Waals surface area contributed by atoms with Gasteiger partial charge in [0, 0.05) is 18.3 Å². The molecular weight excluding hydrogens is 252 g/mol. The number of benzene rings is 1. The highest BCUT2D eigenvalue weighted by Crippen LogP contribution is 2.21. The summed E-state index contributed by atoms with van der Waals surface area (Å²) >= 11 is 0. The number of hydrogen-bond donors (Lipinski definition) is 1. The smallest absolute Gasteiger partial charge is 0.209 e. The van der Waals surface area contributed by atoms with Crippen LogP contribution in [0.25, 0.3) is 11.1 Å². The van der Waals surface area contributed by atoms with Crippen LogP contribution in [0.1, 0.15) is 18.7 Å². The van der Waals surface area contributed by atoms with Crippen molar-refractivity contribution in [1.82, 2.24) is 14.8 Å². The number of nitrogens with zero attached hydrogens (tertiary/aromatic N) is 3. The zero-order chi connectivity index (χ0) is 14.1. The average Bonchev–Trinajstić information content (AvgIpc) is 2.80. The fraction of sp³-hybridized carbons (Fsp3) is 0.533. The summed E-state index contributed by atoms with van der Waals surface area (Å²) < 4.78 is 5.80. The molecule has 0 spiro atoms. The Morgan fingerprint density at radius 3 is 3.10 bits per heavy atom. The van der Waals surface area contributed by atoms with E-state index in [1.54, 1.807) is 0 Å². The molecule has 20 heavy (non-hydrogen) atoms. The summed E-state index contributed by atoms with van der Waals surface area (Å²) in [7, 11) is 4.30. The zero-order valence-electron chi connectivity index (χ0n) is 12.2. The van der Waals surface area contributed by atoms with E-state index in [-0.39, 0.29) is 0 Å². The first kappa shape index (κ1) is 13.4. The van der Waals surface area contributed by atoms with Gasteiger partial charge in [0.2, 0.25) is 5.89 Å². The van der Waals surface area contributed by atoms with Gasteiger partial charge in [-0.3, -0.25) is 4.90 Å². The number of oxazole rings is 1. The van der Waals surface area contributed by atoms with E-state index in [0.717, 1.165) is 42.3 Å². The number of nitrogen functional groups attached to an aromatic ring is 1. The van der Waals surface area contributed by atoms with Gasteiger partial charge in [0.1, 0.15) is 5.52 Å². The lowest BCUT2D eigenvalue weighted by atomic mass is 10.1. The number of nitrogens with two attached hydrogens (primary N) is 1. The van der Waals surface area contributed by atoms with Crippen LogP contribution in [-0.2, 0) is 6.54 Å². The van der Waals surface area contributed by atoms with Crippen LogP contribution in [0.3, 0.4) is 0 Å². The third kappa shape index (κ3) is 2.78. The van der Waals surface area contributed by atoms with Crippen LogP contribution in [0.4, 0.5) is 5.69 Å². The third-order valence-corrected chi connectivity index (χ3v) is 4.03. The predicted octanol–water partition coefficient (Wildman–Crippen LogP) is 1.94. The van der Waals surface area contributed by atoms with E-state index in [1.807, 2.05) is 18.2 Å². The minimum Gasteiger partial charge on any atom is -0.439 e. The van der Waals surface area contributed by atoms with Crippen molar-refractivity contribution in [3.63, 3.8) is 0 Å². The SMILES string of the molecule is CN(C)C1CCCN(Cc2nc3cc(N)ccc3o2)C1. The average molecular weight is 274 g/mol. The van der Waals surface area contributed by atoms with Crippen LogP contribution in [0.15, 0.2) is 22.6 Å². The van der Waals surface area contributed by atoms with Gasteiger partial charge in [-0.2, -0.15) is 0 Å². The van der Waals surface area contributed by atoms with Gasteiger partial charge in [-0.15, -0.1) is 0 Å². The first-order valence-corrected chi connectivity index (χ1v) is 7.15. The van der Waals surface area contributed by atoms with Gasteiger partial charge in [0.05, 0.1) is 6.54 Å². The zero-order valence-corrected chi connectivity index (χ0v) is 12.2. The molecule has 2 N–H and O–H groups in total. The molecule has 0 amide bonds. The van der Waals surface area contributed by atoms with Crippen LogP contribution in [0.5, 0.6) is 0 Å². The molecule has 0 saturated carbocycles. The third-order valence-electron chi connectivity index (χ3n) is 4.03. The van der Waals surface area contributed by atoms with Crippen LogP contribution in [0, 0.1) is 0 Å². The van der Waals surface area contributed by atoms with Crippen molar-refractivity contribution in [2.45, 2.75) is 25.4 Å². The summed E-state index contributed by atoms with van der Waals surface area (Å²) in [5, 5.41) is 0. The second-order valence-electron chi connectivity index (χ2n) is 5.83. The molecule has 1 unspecified atom stereocenters. The minimum atomic E-state index is 0.628. The molecule has 2 heterocycles. The van der Waals surface area contributed by atoms with Crippen LogP contribution < -0.4 is 5.73 Å². The maximum Gasteiger partial charge on any atom is 0.209 e. The molecule has 1 aromatic heterocycles. The Bertz CT molecular complexity index is 593. The Morgan fingerprint density at radius 2 is 2.30 bits per heavy atom. The number of hydrogen-bond acceptors (Lipinski definition) is 5. The van der Waals surface area contributed by atoms with E-state index in [0.29, 0.717) is 6.04 Å². The van der Waals surface area contributed by atoms with Crippen LogP contribution in [0.2, 0.25) is 0 Å². The standard InChI is InChI=1S/C15H22N4O/c1-18(2)12-4-3-7-19(9-12)10-15-17-13-8-11(16)5-6-14(13)20-15/h5-6,8,12H,3-4,7,9-10,16H2,1-2H3. The van der Waals surface area contributed by atoms with Gasteiger partial charge in [-0.25, -0.2) is 4.98 Å². The van der Waals surface area contributed by atoms with Gasteiger partial charge in [-0.05, 0) is 51.7 Å². The van der Waals surface area contributed by atoms with Crippen LogP contribution >= 0.6 is 0 Å². The number of fused-ring (bicyclic) bond motifs is 1.